The number of amides is 2. The molecule has 4 heterocycles. The van der Waals surface area contributed by atoms with Crippen LogP contribution in [0.4, 0.5) is 10.5 Å². The maximum Gasteiger partial charge on any atom is 0.322 e. The molecule has 2 aliphatic heterocycles. The third-order valence-corrected chi connectivity index (χ3v) is 5.51. The number of pyridine rings is 1. The Kier molecular flexibility index (Phi) is 5.39. The van der Waals surface area contributed by atoms with E-state index < -0.39 is 0 Å². The highest BCUT2D eigenvalue weighted by Gasteiger charge is 2.29. The number of urea groups is 1. The summed E-state index contributed by atoms with van der Waals surface area (Å²) < 4.78 is 16.5. The topological polar surface area (TPSA) is 103 Å². The summed E-state index contributed by atoms with van der Waals surface area (Å²) >= 11 is 0. The smallest absolute Gasteiger partial charge is 0.322 e. The van der Waals surface area contributed by atoms with Gasteiger partial charge < -0.3 is 24.2 Å². The third kappa shape index (κ3) is 4.30. The SMILES string of the molecule is O=C(Nc1ccc2c(c1)OCCO2)N1CCCC1CCc1noc(-c2cccnc2)n1. The van der Waals surface area contributed by atoms with Crippen LogP contribution in [0.2, 0.25) is 0 Å². The van der Waals surface area contributed by atoms with Gasteiger partial charge in [0.1, 0.15) is 13.2 Å². The van der Waals surface area contributed by atoms with Gasteiger partial charge in [-0.15, -0.1) is 0 Å². The van der Waals surface area contributed by atoms with Crippen molar-refractivity contribution < 1.29 is 18.8 Å². The second-order valence-electron chi connectivity index (χ2n) is 7.57. The number of carbonyl (C=O) groups excluding carboxylic acids is 1. The zero-order valence-electron chi connectivity index (χ0n) is 17.0. The molecule has 0 saturated carbocycles. The molecule has 31 heavy (non-hydrogen) atoms. The number of fused-ring (bicyclic) bond motifs is 1. The molecule has 0 spiro atoms. The Labute approximate surface area is 179 Å². The summed E-state index contributed by atoms with van der Waals surface area (Å²) in [5.74, 6) is 2.46. The zero-order chi connectivity index (χ0) is 21.0. The van der Waals surface area contributed by atoms with Crippen molar-refractivity contribution in [2.75, 3.05) is 25.1 Å². The summed E-state index contributed by atoms with van der Waals surface area (Å²) in [5.41, 5.74) is 1.49. The van der Waals surface area contributed by atoms with Crippen LogP contribution in [0.1, 0.15) is 25.1 Å². The second-order valence-corrected chi connectivity index (χ2v) is 7.57. The quantitative estimate of drug-likeness (QED) is 0.672. The van der Waals surface area contributed by atoms with Crippen molar-refractivity contribution in [1.29, 1.82) is 0 Å². The van der Waals surface area contributed by atoms with Crippen molar-refractivity contribution in [2.24, 2.45) is 0 Å². The van der Waals surface area contributed by atoms with E-state index in [2.05, 4.69) is 20.4 Å². The van der Waals surface area contributed by atoms with Crippen LogP contribution in [-0.2, 0) is 6.42 Å². The number of rotatable bonds is 5. The van der Waals surface area contributed by atoms with E-state index in [1.54, 1.807) is 18.5 Å². The Balaban J connectivity index is 1.19. The number of anilines is 1. The summed E-state index contributed by atoms with van der Waals surface area (Å²) in [4.78, 5) is 23.3. The van der Waals surface area contributed by atoms with E-state index >= 15 is 0 Å². The third-order valence-electron chi connectivity index (χ3n) is 5.51. The van der Waals surface area contributed by atoms with Crippen molar-refractivity contribution in [3.8, 4) is 23.0 Å². The van der Waals surface area contributed by atoms with Gasteiger partial charge in [0.25, 0.3) is 5.89 Å². The van der Waals surface area contributed by atoms with E-state index in [0.717, 1.165) is 31.4 Å². The molecule has 3 aromatic rings. The largest absolute Gasteiger partial charge is 0.486 e. The van der Waals surface area contributed by atoms with Crippen molar-refractivity contribution in [2.45, 2.75) is 31.7 Å². The number of aromatic nitrogens is 3. The molecular weight excluding hydrogens is 398 g/mol. The molecule has 0 bridgehead atoms. The summed E-state index contributed by atoms with van der Waals surface area (Å²) in [5, 5.41) is 7.06. The van der Waals surface area contributed by atoms with E-state index in [4.69, 9.17) is 14.0 Å². The molecular formula is C22H23N5O4. The Bertz CT molecular complexity index is 1060. The van der Waals surface area contributed by atoms with Crippen LogP contribution in [0.5, 0.6) is 11.5 Å². The fraction of sp³-hybridized carbons (Fsp3) is 0.364. The molecule has 1 unspecified atom stereocenters. The van der Waals surface area contributed by atoms with Gasteiger partial charge in [0.05, 0.1) is 5.56 Å². The van der Waals surface area contributed by atoms with E-state index in [-0.39, 0.29) is 12.1 Å². The minimum absolute atomic E-state index is 0.108. The Hall–Kier alpha value is -3.62. The molecule has 2 aromatic heterocycles. The Morgan fingerprint density at radius 2 is 2.10 bits per heavy atom. The lowest BCUT2D eigenvalue weighted by Crippen LogP contribution is -2.39. The summed E-state index contributed by atoms with van der Waals surface area (Å²) in [7, 11) is 0. The number of likely N-dealkylation sites (tertiary alicyclic amines) is 1. The number of nitrogens with zero attached hydrogens (tertiary/aromatic N) is 4. The first-order chi connectivity index (χ1) is 15.3. The van der Waals surface area contributed by atoms with Crippen LogP contribution < -0.4 is 14.8 Å². The van der Waals surface area contributed by atoms with Gasteiger partial charge in [-0.1, -0.05) is 5.16 Å². The van der Waals surface area contributed by atoms with Crippen molar-refractivity contribution in [3.05, 3.63) is 48.5 Å². The van der Waals surface area contributed by atoms with Crippen molar-refractivity contribution in [1.82, 2.24) is 20.0 Å². The first-order valence-electron chi connectivity index (χ1n) is 10.5. The van der Waals surface area contributed by atoms with Crippen LogP contribution in [0.25, 0.3) is 11.5 Å². The van der Waals surface area contributed by atoms with Gasteiger partial charge in [0, 0.05) is 43.2 Å². The van der Waals surface area contributed by atoms with Crippen molar-refractivity contribution >= 4 is 11.7 Å². The molecule has 1 atom stereocenters. The van der Waals surface area contributed by atoms with Gasteiger partial charge in [-0.25, -0.2) is 4.79 Å². The number of hydrogen-bond donors (Lipinski definition) is 1. The highest BCUT2D eigenvalue weighted by atomic mass is 16.6. The molecule has 9 heteroatoms. The second kappa shape index (κ2) is 8.63. The first-order valence-corrected chi connectivity index (χ1v) is 10.5. The van der Waals surface area contributed by atoms with Gasteiger partial charge in [-0.2, -0.15) is 4.98 Å². The molecule has 5 rings (SSSR count). The van der Waals surface area contributed by atoms with Crippen LogP contribution >= 0.6 is 0 Å². The Morgan fingerprint density at radius 3 is 2.97 bits per heavy atom. The average molecular weight is 421 g/mol. The highest BCUT2D eigenvalue weighted by molar-refractivity contribution is 5.90. The van der Waals surface area contributed by atoms with Crippen LogP contribution in [0.3, 0.4) is 0 Å². The number of hydrogen-bond acceptors (Lipinski definition) is 7. The lowest BCUT2D eigenvalue weighted by atomic mass is 10.1. The lowest BCUT2D eigenvalue weighted by Gasteiger charge is -2.25. The van der Waals surface area contributed by atoms with E-state index in [9.17, 15) is 4.79 Å². The summed E-state index contributed by atoms with van der Waals surface area (Å²) in [6.45, 7) is 1.78. The number of aryl methyl sites for hydroxylation is 1. The predicted octanol–water partition coefficient (Wildman–Crippen LogP) is 3.53. The summed E-state index contributed by atoms with van der Waals surface area (Å²) in [6.07, 6.45) is 6.75. The van der Waals surface area contributed by atoms with Crippen molar-refractivity contribution in [3.63, 3.8) is 0 Å². The molecule has 1 aromatic carbocycles. The number of carbonyl (C=O) groups is 1. The standard InChI is InChI=1S/C22H23N5O4/c28-22(24-16-5-7-18-19(13-16)30-12-11-29-18)27-10-2-4-17(27)6-8-20-25-21(31-26-20)15-3-1-9-23-14-15/h1,3,5,7,9,13-14,17H,2,4,6,8,10-12H2,(H,24,28). The molecule has 9 nitrogen and oxygen atoms in total. The van der Waals surface area contributed by atoms with Gasteiger partial charge in [-0.3, -0.25) is 4.98 Å². The fourth-order valence-corrected chi connectivity index (χ4v) is 3.98. The van der Waals surface area contributed by atoms with Gasteiger partial charge in [0.2, 0.25) is 0 Å². The van der Waals surface area contributed by atoms with Gasteiger partial charge in [0.15, 0.2) is 17.3 Å². The van der Waals surface area contributed by atoms with Crippen LogP contribution in [0.15, 0.2) is 47.2 Å². The highest BCUT2D eigenvalue weighted by Crippen LogP contribution is 2.33. The molecule has 0 radical (unpaired) electrons. The van der Waals surface area contributed by atoms with Crippen LogP contribution in [0, 0.1) is 0 Å². The predicted molar refractivity (Wildman–Crippen MR) is 112 cm³/mol. The minimum Gasteiger partial charge on any atom is -0.486 e. The maximum absolute atomic E-state index is 12.9. The molecule has 0 aliphatic carbocycles. The lowest BCUT2D eigenvalue weighted by molar-refractivity contribution is 0.171. The van der Waals surface area contributed by atoms with E-state index in [1.807, 2.05) is 29.2 Å². The maximum atomic E-state index is 12.9. The monoisotopic (exact) mass is 421 g/mol. The molecule has 1 fully saturated rings. The average Bonchev–Trinajstić information content (AvgIpc) is 3.48. The molecule has 160 valence electrons. The molecule has 1 N–H and O–H groups in total. The summed E-state index contributed by atoms with van der Waals surface area (Å²) in [6, 6.07) is 9.19. The number of benzene rings is 1. The van der Waals surface area contributed by atoms with Gasteiger partial charge >= 0.3 is 6.03 Å². The first kappa shape index (κ1) is 19.3. The van der Waals surface area contributed by atoms with E-state index in [1.165, 1.54) is 0 Å². The normalized spacial score (nSPS) is 17.5. The van der Waals surface area contributed by atoms with Crippen LogP contribution in [-0.4, -0.2) is 51.9 Å². The molecule has 1 saturated heterocycles. The fourth-order valence-electron chi connectivity index (χ4n) is 3.98. The molecule has 2 aliphatic rings. The Morgan fingerprint density at radius 1 is 1.19 bits per heavy atom. The zero-order valence-corrected chi connectivity index (χ0v) is 17.0. The molecule has 2 amide bonds. The minimum atomic E-state index is -0.108. The van der Waals surface area contributed by atoms with E-state index in [0.29, 0.717) is 48.5 Å². The number of ether oxygens (including phenoxy) is 2. The number of nitrogens with one attached hydrogen (secondary N) is 1. The van der Waals surface area contributed by atoms with Gasteiger partial charge in [-0.05, 0) is 43.5 Å².